The lowest BCUT2D eigenvalue weighted by molar-refractivity contribution is 0.0737. The molecule has 1 amide bonds. The predicted octanol–water partition coefficient (Wildman–Crippen LogP) is 3.48. The van der Waals surface area contributed by atoms with Gasteiger partial charge in [0, 0.05) is 31.0 Å². The molecule has 22 heavy (non-hydrogen) atoms. The van der Waals surface area contributed by atoms with Crippen LogP contribution in [0, 0.1) is 0 Å². The van der Waals surface area contributed by atoms with Gasteiger partial charge in [-0.15, -0.1) is 0 Å². The van der Waals surface area contributed by atoms with E-state index < -0.39 is 0 Å². The quantitative estimate of drug-likeness (QED) is 0.784. The lowest BCUT2D eigenvalue weighted by Crippen LogP contribution is -2.32. The smallest absolute Gasteiger partial charge is 0.254 e. The van der Waals surface area contributed by atoms with Gasteiger partial charge in [0.15, 0.2) is 0 Å². The van der Waals surface area contributed by atoms with E-state index in [1.807, 2.05) is 42.4 Å². The highest BCUT2D eigenvalue weighted by molar-refractivity contribution is 5.94. The summed E-state index contributed by atoms with van der Waals surface area (Å²) in [6.07, 6.45) is 4.07. The largest absolute Gasteiger partial charge is 0.497 e. The highest BCUT2D eigenvalue weighted by Gasteiger charge is 2.17. The number of carbonyl (C=O) groups is 1. The van der Waals surface area contributed by atoms with Crippen molar-refractivity contribution in [3.8, 4) is 5.75 Å². The Morgan fingerprint density at radius 2 is 2.09 bits per heavy atom. The summed E-state index contributed by atoms with van der Waals surface area (Å²) in [5.41, 5.74) is 1.80. The van der Waals surface area contributed by atoms with Crippen LogP contribution in [0.5, 0.6) is 5.75 Å². The minimum absolute atomic E-state index is 0.0496. The molecule has 0 fully saturated rings. The minimum Gasteiger partial charge on any atom is -0.497 e. The van der Waals surface area contributed by atoms with E-state index in [4.69, 9.17) is 4.74 Å². The predicted molar refractivity (Wildman–Crippen MR) is 88.1 cm³/mol. The van der Waals surface area contributed by atoms with Crippen LogP contribution in [0.1, 0.15) is 35.8 Å². The zero-order valence-electron chi connectivity index (χ0n) is 13.6. The molecule has 0 N–H and O–H groups in total. The third-order valence-electron chi connectivity index (χ3n) is 3.79. The van der Waals surface area contributed by atoms with Crippen LogP contribution in [0.4, 0.5) is 0 Å². The van der Waals surface area contributed by atoms with Gasteiger partial charge in [-0.05, 0) is 36.8 Å². The van der Waals surface area contributed by atoms with Gasteiger partial charge < -0.3 is 14.2 Å². The summed E-state index contributed by atoms with van der Waals surface area (Å²) >= 11 is 0. The Morgan fingerprint density at radius 1 is 1.27 bits per heavy atom. The lowest BCUT2D eigenvalue weighted by Gasteiger charge is -2.23. The Bertz CT molecular complexity index is 619. The molecule has 0 aliphatic carbocycles. The maximum absolute atomic E-state index is 12.8. The first kappa shape index (κ1) is 16.1. The van der Waals surface area contributed by atoms with Gasteiger partial charge in [0.25, 0.3) is 5.91 Å². The van der Waals surface area contributed by atoms with E-state index in [-0.39, 0.29) is 5.91 Å². The van der Waals surface area contributed by atoms with Crippen molar-refractivity contribution in [3.63, 3.8) is 0 Å². The molecule has 1 aromatic heterocycles. The summed E-state index contributed by atoms with van der Waals surface area (Å²) in [6.45, 7) is 3.52. The van der Waals surface area contributed by atoms with Gasteiger partial charge in [-0.1, -0.05) is 19.4 Å². The fraction of sp³-hybridized carbons (Fsp3) is 0.389. The van der Waals surface area contributed by atoms with Gasteiger partial charge in [0.2, 0.25) is 0 Å². The highest BCUT2D eigenvalue weighted by Crippen LogP contribution is 2.16. The number of amides is 1. The second kappa shape index (κ2) is 7.69. The van der Waals surface area contributed by atoms with Gasteiger partial charge in [-0.3, -0.25) is 4.79 Å². The van der Waals surface area contributed by atoms with Crippen LogP contribution in [-0.2, 0) is 13.6 Å². The Labute approximate surface area is 132 Å². The zero-order chi connectivity index (χ0) is 15.9. The number of nitrogens with zero attached hydrogens (tertiary/aromatic N) is 2. The van der Waals surface area contributed by atoms with Crippen molar-refractivity contribution in [1.82, 2.24) is 9.47 Å². The molecule has 2 aromatic rings. The molecular weight excluding hydrogens is 276 g/mol. The molecule has 0 saturated carbocycles. The van der Waals surface area contributed by atoms with Crippen LogP contribution in [0.3, 0.4) is 0 Å². The first-order valence-electron chi connectivity index (χ1n) is 7.69. The second-order valence-electron chi connectivity index (χ2n) is 5.42. The van der Waals surface area contributed by atoms with E-state index in [1.54, 1.807) is 13.2 Å². The minimum atomic E-state index is 0.0496. The molecule has 0 atom stereocenters. The average molecular weight is 300 g/mol. The number of benzene rings is 1. The molecule has 0 aliphatic rings. The van der Waals surface area contributed by atoms with Crippen LogP contribution in [0.15, 0.2) is 42.6 Å². The summed E-state index contributed by atoms with van der Waals surface area (Å²) in [5.74, 6) is 0.758. The molecule has 0 saturated heterocycles. The summed E-state index contributed by atoms with van der Waals surface area (Å²) < 4.78 is 7.27. The van der Waals surface area contributed by atoms with Crippen LogP contribution in [0.2, 0.25) is 0 Å². The Balaban J connectivity index is 2.19. The highest BCUT2D eigenvalue weighted by atomic mass is 16.5. The Kier molecular flexibility index (Phi) is 5.64. The van der Waals surface area contributed by atoms with Crippen molar-refractivity contribution >= 4 is 5.91 Å². The monoisotopic (exact) mass is 300 g/mol. The van der Waals surface area contributed by atoms with Gasteiger partial charge in [0.05, 0.1) is 13.7 Å². The molecule has 0 aliphatic heterocycles. The van der Waals surface area contributed by atoms with E-state index in [0.29, 0.717) is 17.9 Å². The topological polar surface area (TPSA) is 34.5 Å². The Morgan fingerprint density at radius 3 is 2.73 bits per heavy atom. The van der Waals surface area contributed by atoms with Crippen molar-refractivity contribution in [2.45, 2.75) is 26.3 Å². The van der Waals surface area contributed by atoms with Crippen molar-refractivity contribution in [2.75, 3.05) is 13.7 Å². The molecular formula is C18H24N2O2. The summed E-state index contributed by atoms with van der Waals surface area (Å²) in [7, 11) is 3.62. The average Bonchev–Trinajstić information content (AvgIpc) is 2.95. The fourth-order valence-corrected chi connectivity index (χ4v) is 2.40. The van der Waals surface area contributed by atoms with Crippen molar-refractivity contribution < 1.29 is 9.53 Å². The molecule has 0 bridgehead atoms. The van der Waals surface area contributed by atoms with Crippen molar-refractivity contribution in [1.29, 1.82) is 0 Å². The van der Waals surface area contributed by atoms with E-state index in [1.165, 1.54) is 0 Å². The molecule has 118 valence electrons. The summed E-state index contributed by atoms with van der Waals surface area (Å²) in [6, 6.07) is 11.4. The van der Waals surface area contributed by atoms with Crippen molar-refractivity contribution in [2.24, 2.45) is 7.05 Å². The lowest BCUT2D eigenvalue weighted by atomic mass is 10.1. The van der Waals surface area contributed by atoms with Crippen LogP contribution >= 0.6 is 0 Å². The van der Waals surface area contributed by atoms with Crippen LogP contribution in [0.25, 0.3) is 0 Å². The standard InChI is InChI=1S/C18H24N2O2/c1-4-5-12-20(14-16-9-7-11-19(16)2)18(21)15-8-6-10-17(13-15)22-3/h6-11,13H,4-5,12,14H2,1-3H3. The van der Waals surface area contributed by atoms with Crippen LogP contribution in [-0.4, -0.2) is 29.0 Å². The van der Waals surface area contributed by atoms with Gasteiger partial charge in [0.1, 0.15) is 5.75 Å². The number of ether oxygens (including phenoxy) is 1. The van der Waals surface area contributed by atoms with E-state index in [9.17, 15) is 4.79 Å². The SMILES string of the molecule is CCCCN(Cc1cccn1C)C(=O)c1cccc(OC)c1. The number of unbranched alkanes of at least 4 members (excludes halogenated alkanes) is 1. The fourth-order valence-electron chi connectivity index (χ4n) is 2.40. The second-order valence-corrected chi connectivity index (χ2v) is 5.42. The molecule has 0 spiro atoms. The first-order chi connectivity index (χ1) is 10.7. The van der Waals surface area contributed by atoms with E-state index in [2.05, 4.69) is 17.6 Å². The maximum Gasteiger partial charge on any atom is 0.254 e. The summed E-state index contributed by atoms with van der Waals surface area (Å²) in [5, 5.41) is 0. The first-order valence-corrected chi connectivity index (χ1v) is 7.69. The van der Waals surface area contributed by atoms with Gasteiger partial charge >= 0.3 is 0 Å². The van der Waals surface area contributed by atoms with Crippen LogP contribution < -0.4 is 4.74 Å². The third kappa shape index (κ3) is 3.91. The molecule has 4 heteroatoms. The van der Waals surface area contributed by atoms with E-state index >= 15 is 0 Å². The molecule has 4 nitrogen and oxygen atoms in total. The normalized spacial score (nSPS) is 10.5. The number of methoxy groups -OCH3 is 1. The van der Waals surface area contributed by atoms with Gasteiger partial charge in [-0.25, -0.2) is 0 Å². The number of rotatable bonds is 7. The number of hydrogen-bond donors (Lipinski definition) is 0. The third-order valence-corrected chi connectivity index (χ3v) is 3.79. The molecule has 1 aromatic carbocycles. The molecule has 0 radical (unpaired) electrons. The number of hydrogen-bond acceptors (Lipinski definition) is 2. The maximum atomic E-state index is 12.8. The molecule has 0 unspecified atom stereocenters. The Hall–Kier alpha value is -2.23. The number of carbonyl (C=O) groups excluding carboxylic acids is 1. The summed E-state index contributed by atoms with van der Waals surface area (Å²) in [4.78, 5) is 14.7. The van der Waals surface area contributed by atoms with E-state index in [0.717, 1.165) is 25.1 Å². The molecule has 2 rings (SSSR count). The van der Waals surface area contributed by atoms with Crippen molar-refractivity contribution in [3.05, 3.63) is 53.9 Å². The number of aryl methyl sites for hydroxylation is 1. The van der Waals surface area contributed by atoms with Gasteiger partial charge in [-0.2, -0.15) is 0 Å². The zero-order valence-corrected chi connectivity index (χ0v) is 13.6. The molecule has 1 heterocycles. The number of aromatic nitrogens is 1.